The molecule has 1 aromatic carbocycles. The molecular formula is C16H16N2O6. The molecule has 0 fully saturated rings. The number of hydrogen-bond acceptors (Lipinski definition) is 4. The average Bonchev–Trinajstić information content (AvgIpc) is 2.46. The molecule has 2 amide bonds. The van der Waals surface area contributed by atoms with Crippen molar-refractivity contribution in [3.8, 4) is 0 Å². The third-order valence-electron chi connectivity index (χ3n) is 2.77. The number of aliphatic carboxylic acids is 2. The highest BCUT2D eigenvalue weighted by Gasteiger charge is 2.07. The van der Waals surface area contributed by atoms with Gasteiger partial charge in [0, 0.05) is 34.7 Å². The van der Waals surface area contributed by atoms with Crippen molar-refractivity contribution < 1.29 is 29.4 Å². The lowest BCUT2D eigenvalue weighted by Crippen LogP contribution is -2.12. The smallest absolute Gasteiger partial charge is 0.331 e. The monoisotopic (exact) mass is 332 g/mol. The molecule has 8 heteroatoms. The number of amides is 2. The molecule has 126 valence electrons. The molecule has 0 spiro atoms. The van der Waals surface area contributed by atoms with Crippen molar-refractivity contribution in [1.29, 1.82) is 0 Å². The molecule has 24 heavy (non-hydrogen) atoms. The lowest BCUT2D eigenvalue weighted by atomic mass is 10.2. The zero-order valence-corrected chi connectivity index (χ0v) is 13.0. The number of carboxylic acids is 2. The predicted octanol–water partition coefficient (Wildman–Crippen LogP) is 1.63. The van der Waals surface area contributed by atoms with Crippen LogP contribution in [0.25, 0.3) is 0 Å². The summed E-state index contributed by atoms with van der Waals surface area (Å²) < 4.78 is 0. The molecule has 4 N–H and O–H groups in total. The van der Waals surface area contributed by atoms with E-state index in [1.807, 2.05) is 0 Å². The fourth-order valence-electron chi connectivity index (χ4n) is 1.55. The maximum Gasteiger partial charge on any atom is 0.331 e. The summed E-state index contributed by atoms with van der Waals surface area (Å²) in [7, 11) is 0. The van der Waals surface area contributed by atoms with Gasteiger partial charge in [-0.2, -0.15) is 0 Å². The van der Waals surface area contributed by atoms with Crippen molar-refractivity contribution in [2.45, 2.75) is 13.8 Å². The first kappa shape index (κ1) is 18.6. The number of carboxylic acid groups (broad SMARTS) is 2. The van der Waals surface area contributed by atoms with Crippen molar-refractivity contribution in [3.63, 3.8) is 0 Å². The second-order valence-electron chi connectivity index (χ2n) is 4.82. The third-order valence-corrected chi connectivity index (χ3v) is 2.77. The van der Waals surface area contributed by atoms with Crippen LogP contribution in [0.4, 0.5) is 11.4 Å². The molecule has 0 aliphatic heterocycles. The van der Waals surface area contributed by atoms with E-state index >= 15 is 0 Å². The summed E-state index contributed by atoms with van der Waals surface area (Å²) in [5, 5.41) is 22.3. The van der Waals surface area contributed by atoms with E-state index in [-0.39, 0.29) is 11.1 Å². The van der Waals surface area contributed by atoms with Gasteiger partial charge in [0.15, 0.2) is 0 Å². The van der Waals surface area contributed by atoms with Crippen LogP contribution in [0.5, 0.6) is 0 Å². The Balaban J connectivity index is 2.81. The van der Waals surface area contributed by atoms with Crippen LogP contribution in [-0.4, -0.2) is 34.0 Å². The number of carbonyl (C=O) groups excluding carboxylic acids is 2. The molecule has 1 aromatic rings. The molecule has 0 saturated heterocycles. The van der Waals surface area contributed by atoms with Gasteiger partial charge in [-0.3, -0.25) is 9.59 Å². The van der Waals surface area contributed by atoms with Gasteiger partial charge in [-0.25, -0.2) is 9.59 Å². The number of benzene rings is 1. The van der Waals surface area contributed by atoms with E-state index in [1.165, 1.54) is 19.9 Å². The van der Waals surface area contributed by atoms with Gasteiger partial charge < -0.3 is 20.8 Å². The van der Waals surface area contributed by atoms with Crippen LogP contribution in [0.3, 0.4) is 0 Å². The van der Waals surface area contributed by atoms with Gasteiger partial charge in [0.25, 0.3) is 0 Å². The molecule has 0 aliphatic carbocycles. The molecule has 8 nitrogen and oxygen atoms in total. The topological polar surface area (TPSA) is 133 Å². The van der Waals surface area contributed by atoms with Gasteiger partial charge in [0.05, 0.1) is 0 Å². The minimum atomic E-state index is -1.20. The van der Waals surface area contributed by atoms with Crippen molar-refractivity contribution in [2.75, 3.05) is 10.6 Å². The van der Waals surface area contributed by atoms with E-state index in [0.29, 0.717) is 11.4 Å². The van der Waals surface area contributed by atoms with Crippen LogP contribution in [0.15, 0.2) is 47.6 Å². The molecule has 1 rings (SSSR count). The summed E-state index contributed by atoms with van der Waals surface area (Å²) in [4.78, 5) is 44.6. The van der Waals surface area contributed by atoms with Crippen molar-refractivity contribution in [1.82, 2.24) is 0 Å². The Morgan fingerprint density at radius 1 is 0.833 bits per heavy atom. The second-order valence-corrected chi connectivity index (χ2v) is 4.82. The molecule has 0 radical (unpaired) electrons. The largest absolute Gasteiger partial charge is 0.478 e. The summed E-state index contributed by atoms with van der Waals surface area (Å²) in [6.07, 6.45) is 1.87. The summed E-state index contributed by atoms with van der Waals surface area (Å²) in [6.45, 7) is 2.57. The molecule has 0 saturated carbocycles. The fraction of sp³-hybridized carbons (Fsp3) is 0.125. The maximum atomic E-state index is 11.7. The molecular weight excluding hydrogens is 316 g/mol. The minimum Gasteiger partial charge on any atom is -0.478 e. The van der Waals surface area contributed by atoms with Crippen molar-refractivity contribution in [3.05, 3.63) is 47.6 Å². The third kappa shape index (κ3) is 6.14. The highest BCUT2D eigenvalue weighted by molar-refractivity contribution is 6.06. The Bertz CT molecular complexity index is 689. The second kappa shape index (κ2) is 8.28. The molecule has 0 atom stereocenters. The maximum absolute atomic E-state index is 11.7. The normalized spacial score (nSPS) is 11.6. The Hall–Kier alpha value is -3.42. The fourth-order valence-corrected chi connectivity index (χ4v) is 1.55. The standard InChI is InChI=1S/C16H16N2O6/c1-9(15(21)22)6-13(19)17-11-4-3-5-12(8-11)18-14(20)7-10(2)16(23)24/h3-8H,1-2H3,(H,17,19)(H,18,20)(H,21,22)(H,23,24). The zero-order valence-electron chi connectivity index (χ0n) is 13.0. The summed E-state index contributed by atoms with van der Waals surface area (Å²) in [5.41, 5.74) is 0.440. The van der Waals surface area contributed by atoms with Crippen LogP contribution in [0.2, 0.25) is 0 Å². The highest BCUT2D eigenvalue weighted by atomic mass is 16.4. The molecule has 0 bridgehead atoms. The van der Waals surface area contributed by atoms with Gasteiger partial charge in [-0.1, -0.05) is 6.07 Å². The Morgan fingerprint density at radius 2 is 1.21 bits per heavy atom. The van der Waals surface area contributed by atoms with Crippen LogP contribution in [0, 0.1) is 0 Å². The van der Waals surface area contributed by atoms with E-state index in [2.05, 4.69) is 10.6 Å². The molecule has 0 heterocycles. The van der Waals surface area contributed by atoms with Gasteiger partial charge in [0.1, 0.15) is 0 Å². The Morgan fingerprint density at radius 3 is 1.54 bits per heavy atom. The van der Waals surface area contributed by atoms with Gasteiger partial charge >= 0.3 is 11.9 Å². The quantitative estimate of drug-likeness (QED) is 0.585. The van der Waals surface area contributed by atoms with Crippen LogP contribution < -0.4 is 10.6 Å². The van der Waals surface area contributed by atoms with Crippen molar-refractivity contribution >= 4 is 35.1 Å². The van der Waals surface area contributed by atoms with E-state index < -0.39 is 23.8 Å². The number of rotatable bonds is 6. The average molecular weight is 332 g/mol. The molecule has 0 unspecified atom stereocenters. The zero-order chi connectivity index (χ0) is 18.3. The summed E-state index contributed by atoms with van der Waals surface area (Å²) >= 11 is 0. The highest BCUT2D eigenvalue weighted by Crippen LogP contribution is 2.15. The predicted molar refractivity (Wildman–Crippen MR) is 86.5 cm³/mol. The number of hydrogen-bond donors (Lipinski definition) is 4. The SMILES string of the molecule is CC(=CC(=O)Nc1cccc(NC(=O)C=C(C)C(=O)O)c1)C(=O)O. The molecule has 0 aromatic heterocycles. The van der Waals surface area contributed by atoms with Crippen LogP contribution in [0.1, 0.15) is 13.8 Å². The first-order valence-electron chi connectivity index (χ1n) is 6.74. The minimum absolute atomic E-state index is 0.119. The summed E-state index contributed by atoms with van der Waals surface area (Å²) in [6, 6.07) is 6.11. The van der Waals surface area contributed by atoms with E-state index in [9.17, 15) is 19.2 Å². The van der Waals surface area contributed by atoms with E-state index in [1.54, 1.807) is 18.2 Å². The van der Waals surface area contributed by atoms with E-state index in [0.717, 1.165) is 12.2 Å². The van der Waals surface area contributed by atoms with Crippen LogP contribution in [-0.2, 0) is 19.2 Å². The summed E-state index contributed by atoms with van der Waals surface area (Å²) in [5.74, 6) is -3.65. The number of nitrogens with one attached hydrogen (secondary N) is 2. The molecule has 0 aliphatic rings. The van der Waals surface area contributed by atoms with Crippen LogP contribution >= 0.6 is 0 Å². The van der Waals surface area contributed by atoms with Gasteiger partial charge in [0.2, 0.25) is 11.8 Å². The lowest BCUT2D eigenvalue weighted by Gasteiger charge is -2.07. The Kier molecular flexibility index (Phi) is 6.42. The van der Waals surface area contributed by atoms with Gasteiger partial charge in [-0.05, 0) is 32.0 Å². The van der Waals surface area contributed by atoms with Gasteiger partial charge in [-0.15, -0.1) is 0 Å². The first-order valence-corrected chi connectivity index (χ1v) is 6.74. The first-order chi connectivity index (χ1) is 11.2. The number of anilines is 2. The number of carbonyl (C=O) groups is 4. The lowest BCUT2D eigenvalue weighted by molar-refractivity contribution is -0.133. The van der Waals surface area contributed by atoms with Crippen molar-refractivity contribution in [2.24, 2.45) is 0 Å². The van der Waals surface area contributed by atoms with E-state index in [4.69, 9.17) is 10.2 Å². The Labute approximate surface area is 137 Å².